The molecule has 2 aliphatic rings. The number of nitrogens with zero attached hydrogens (tertiary/aromatic N) is 3. The maximum absolute atomic E-state index is 12.1. The van der Waals surface area contributed by atoms with Gasteiger partial charge < -0.3 is 9.84 Å². The Morgan fingerprint density at radius 2 is 2.17 bits per heavy atom. The molecule has 0 radical (unpaired) electrons. The number of anilines is 1. The molecule has 0 unspecified atom stereocenters. The van der Waals surface area contributed by atoms with E-state index in [2.05, 4.69) is 20.4 Å². The van der Waals surface area contributed by atoms with Crippen LogP contribution in [0.5, 0.6) is 0 Å². The molecule has 2 fully saturated rings. The second-order valence-corrected chi connectivity index (χ2v) is 7.08. The minimum Gasteiger partial charge on any atom is -0.339 e. The predicted molar refractivity (Wildman–Crippen MR) is 90.3 cm³/mol. The summed E-state index contributed by atoms with van der Waals surface area (Å²) in [6, 6.07) is 5.52. The summed E-state index contributed by atoms with van der Waals surface area (Å²) in [5, 5.41) is 7.57. The van der Waals surface area contributed by atoms with Gasteiger partial charge in [-0.05, 0) is 37.5 Å². The van der Waals surface area contributed by atoms with Crippen LogP contribution in [0.25, 0.3) is 0 Å². The van der Waals surface area contributed by atoms with Crippen molar-refractivity contribution < 1.29 is 9.32 Å². The van der Waals surface area contributed by atoms with Gasteiger partial charge in [0.1, 0.15) is 0 Å². The molecule has 1 saturated heterocycles. The highest BCUT2D eigenvalue weighted by Crippen LogP contribution is 2.39. The highest BCUT2D eigenvalue weighted by Gasteiger charge is 2.35. The van der Waals surface area contributed by atoms with Crippen LogP contribution in [0.4, 0.5) is 5.69 Å². The van der Waals surface area contributed by atoms with Gasteiger partial charge in [-0.1, -0.05) is 22.8 Å². The van der Waals surface area contributed by atoms with E-state index >= 15 is 0 Å². The number of amides is 1. The van der Waals surface area contributed by atoms with Crippen molar-refractivity contribution >= 4 is 23.2 Å². The lowest BCUT2D eigenvalue weighted by atomic mass is 10.0. The van der Waals surface area contributed by atoms with Crippen molar-refractivity contribution in [3.63, 3.8) is 0 Å². The zero-order valence-corrected chi connectivity index (χ0v) is 14.2. The second kappa shape index (κ2) is 6.18. The maximum atomic E-state index is 12.1. The molecule has 1 N–H and O–H groups in total. The Morgan fingerprint density at radius 1 is 1.38 bits per heavy atom. The van der Waals surface area contributed by atoms with Crippen molar-refractivity contribution in [2.45, 2.75) is 31.6 Å². The predicted octanol–water partition coefficient (Wildman–Crippen LogP) is 2.95. The number of hydrogen-bond donors (Lipinski definition) is 1. The van der Waals surface area contributed by atoms with Crippen molar-refractivity contribution in [1.29, 1.82) is 0 Å². The van der Waals surface area contributed by atoms with Gasteiger partial charge in [0.15, 0.2) is 5.82 Å². The normalized spacial score (nSPS) is 18.4. The zero-order valence-electron chi connectivity index (χ0n) is 13.5. The third kappa shape index (κ3) is 3.30. The fraction of sp³-hybridized carbons (Fsp3) is 0.471. The summed E-state index contributed by atoms with van der Waals surface area (Å²) < 4.78 is 5.34. The third-order valence-electron chi connectivity index (χ3n) is 4.53. The van der Waals surface area contributed by atoms with Crippen molar-refractivity contribution in [2.24, 2.45) is 0 Å². The number of aryl methyl sites for hydroxylation is 1. The summed E-state index contributed by atoms with van der Waals surface area (Å²) in [6.45, 7) is 3.83. The van der Waals surface area contributed by atoms with Gasteiger partial charge in [0.2, 0.25) is 11.8 Å². The van der Waals surface area contributed by atoms with E-state index in [9.17, 15) is 4.79 Å². The lowest BCUT2D eigenvalue weighted by Gasteiger charge is -2.36. The summed E-state index contributed by atoms with van der Waals surface area (Å²) in [4.78, 5) is 18.6. The van der Waals surface area contributed by atoms with Crippen LogP contribution in [0.15, 0.2) is 22.7 Å². The van der Waals surface area contributed by atoms with Crippen LogP contribution < -0.4 is 5.32 Å². The first-order chi connectivity index (χ1) is 11.6. The molecule has 0 atom stereocenters. The summed E-state index contributed by atoms with van der Waals surface area (Å²) in [5.41, 5.74) is 1.71. The Morgan fingerprint density at radius 3 is 2.88 bits per heavy atom. The number of hydrogen-bond acceptors (Lipinski definition) is 5. The van der Waals surface area contributed by atoms with E-state index in [0.717, 1.165) is 30.2 Å². The van der Waals surface area contributed by atoms with Crippen LogP contribution >= 0.6 is 11.6 Å². The van der Waals surface area contributed by atoms with Gasteiger partial charge in [-0.2, -0.15) is 4.98 Å². The largest absolute Gasteiger partial charge is 0.339 e. The van der Waals surface area contributed by atoms with Crippen molar-refractivity contribution in [1.82, 2.24) is 15.0 Å². The van der Waals surface area contributed by atoms with Crippen LogP contribution in [-0.4, -0.2) is 40.6 Å². The Hall–Kier alpha value is -1.92. The molecular formula is C17H19ClN4O2. The van der Waals surface area contributed by atoms with E-state index in [1.165, 1.54) is 12.8 Å². The minimum absolute atomic E-state index is 0.0439. The number of carbonyl (C=O) groups is 1. The zero-order chi connectivity index (χ0) is 16.7. The molecule has 4 rings (SSSR count). The lowest BCUT2D eigenvalue weighted by molar-refractivity contribution is -0.118. The number of likely N-dealkylation sites (tertiary alicyclic amines) is 1. The smallest absolute Gasteiger partial charge is 0.238 e. The second-order valence-electron chi connectivity index (χ2n) is 6.67. The molecule has 1 aliphatic carbocycles. The van der Waals surface area contributed by atoms with Crippen LogP contribution in [0, 0.1) is 6.92 Å². The van der Waals surface area contributed by atoms with Crippen LogP contribution in [0.1, 0.15) is 42.0 Å². The van der Waals surface area contributed by atoms with Crippen molar-refractivity contribution in [3.8, 4) is 0 Å². The molecular weight excluding hydrogens is 328 g/mol. The Labute approximate surface area is 145 Å². The molecule has 1 amide bonds. The monoisotopic (exact) mass is 346 g/mol. The standard InChI is InChI=1S/C17H19ClN4O2/c1-10-2-5-13(6-14(10)18)19-15(23)9-22-7-12(8-22)17-20-16(21-24-17)11-3-4-11/h2,5-6,11-12H,3-4,7-9H2,1H3,(H,19,23). The molecule has 1 aromatic carbocycles. The lowest BCUT2D eigenvalue weighted by Crippen LogP contribution is -2.48. The van der Waals surface area contributed by atoms with E-state index < -0.39 is 0 Å². The number of carbonyl (C=O) groups excluding carboxylic acids is 1. The minimum atomic E-state index is -0.0439. The summed E-state index contributed by atoms with van der Waals surface area (Å²) in [6.07, 6.45) is 2.33. The topological polar surface area (TPSA) is 71.3 Å². The number of nitrogens with one attached hydrogen (secondary N) is 1. The SMILES string of the molecule is Cc1ccc(NC(=O)CN2CC(c3nc(C4CC4)no3)C2)cc1Cl. The van der Waals surface area contributed by atoms with E-state index in [1.54, 1.807) is 6.07 Å². The molecule has 6 nitrogen and oxygen atoms in total. The first kappa shape index (κ1) is 15.6. The van der Waals surface area contributed by atoms with E-state index in [4.69, 9.17) is 16.1 Å². The number of rotatable bonds is 5. The molecule has 1 aliphatic heterocycles. The molecule has 24 heavy (non-hydrogen) atoms. The average Bonchev–Trinajstić information content (AvgIpc) is 3.25. The molecule has 1 aromatic heterocycles. The number of halogens is 1. The van der Waals surface area contributed by atoms with Crippen LogP contribution in [0.3, 0.4) is 0 Å². The third-order valence-corrected chi connectivity index (χ3v) is 4.94. The maximum Gasteiger partial charge on any atom is 0.238 e. The molecule has 126 valence electrons. The molecule has 2 aromatic rings. The molecule has 2 heterocycles. The van der Waals surface area contributed by atoms with Gasteiger partial charge in [0.25, 0.3) is 0 Å². The summed E-state index contributed by atoms with van der Waals surface area (Å²) in [5.74, 6) is 2.26. The quantitative estimate of drug-likeness (QED) is 0.901. The fourth-order valence-electron chi connectivity index (χ4n) is 2.85. The van der Waals surface area contributed by atoms with Crippen LogP contribution in [-0.2, 0) is 4.79 Å². The average molecular weight is 347 g/mol. The van der Waals surface area contributed by atoms with Gasteiger partial charge in [-0.15, -0.1) is 0 Å². The number of benzene rings is 1. The highest BCUT2D eigenvalue weighted by molar-refractivity contribution is 6.31. The molecule has 0 bridgehead atoms. The van der Waals surface area contributed by atoms with E-state index in [1.807, 2.05) is 19.1 Å². The fourth-order valence-corrected chi connectivity index (χ4v) is 3.03. The molecule has 0 spiro atoms. The Kier molecular flexibility index (Phi) is 4.02. The molecule has 1 saturated carbocycles. The van der Waals surface area contributed by atoms with E-state index in [0.29, 0.717) is 23.4 Å². The van der Waals surface area contributed by atoms with Gasteiger partial charge in [-0.3, -0.25) is 9.69 Å². The number of aromatic nitrogens is 2. The molecule has 7 heteroatoms. The van der Waals surface area contributed by atoms with Gasteiger partial charge >= 0.3 is 0 Å². The van der Waals surface area contributed by atoms with Gasteiger partial charge in [0, 0.05) is 29.7 Å². The summed E-state index contributed by atoms with van der Waals surface area (Å²) >= 11 is 6.07. The van der Waals surface area contributed by atoms with Gasteiger partial charge in [0.05, 0.1) is 12.5 Å². The first-order valence-corrected chi connectivity index (χ1v) is 8.58. The van der Waals surface area contributed by atoms with E-state index in [-0.39, 0.29) is 11.8 Å². The highest BCUT2D eigenvalue weighted by atomic mass is 35.5. The van der Waals surface area contributed by atoms with Crippen molar-refractivity contribution in [2.75, 3.05) is 25.0 Å². The first-order valence-electron chi connectivity index (χ1n) is 8.20. The Balaban J connectivity index is 1.26. The van der Waals surface area contributed by atoms with Crippen LogP contribution in [0.2, 0.25) is 5.02 Å². The Bertz CT molecular complexity index is 766. The van der Waals surface area contributed by atoms with Crippen molar-refractivity contribution in [3.05, 3.63) is 40.5 Å². The van der Waals surface area contributed by atoms with Gasteiger partial charge in [-0.25, -0.2) is 0 Å². The summed E-state index contributed by atoms with van der Waals surface area (Å²) in [7, 11) is 0.